The lowest BCUT2D eigenvalue weighted by Gasteiger charge is -2.02. The van der Waals surface area contributed by atoms with E-state index >= 15 is 0 Å². The summed E-state index contributed by atoms with van der Waals surface area (Å²) in [5.41, 5.74) is 0.570. The van der Waals surface area contributed by atoms with Crippen LogP contribution in [0, 0.1) is 9.39 Å². The van der Waals surface area contributed by atoms with Gasteiger partial charge >= 0.3 is 0 Å². The van der Waals surface area contributed by atoms with Crippen molar-refractivity contribution in [1.29, 1.82) is 0 Å². The quantitative estimate of drug-likeness (QED) is 0.441. The van der Waals surface area contributed by atoms with Crippen LogP contribution in [0.3, 0.4) is 0 Å². The number of ether oxygens (including phenoxy) is 1. The normalized spacial score (nSPS) is 21.1. The van der Waals surface area contributed by atoms with Gasteiger partial charge in [-0.2, -0.15) is 0 Å². The van der Waals surface area contributed by atoms with Gasteiger partial charge in [0.15, 0.2) is 0 Å². The molecule has 1 heterocycles. The molecule has 1 fully saturated rings. The Morgan fingerprint density at radius 1 is 1.58 bits per heavy atom. The fourth-order valence-electron chi connectivity index (χ4n) is 1.02. The first-order valence-corrected chi connectivity index (χ1v) is 4.91. The predicted octanol–water partition coefficient (Wildman–Crippen LogP) is 3.16. The Balaban J connectivity index is 2.49. The molecule has 12 heavy (non-hydrogen) atoms. The largest absolute Gasteiger partial charge is 0.368 e. The highest BCUT2D eigenvalue weighted by Gasteiger charge is 2.29. The standard InChI is InChI=1S/C8H5ClFIO/c9-7-5(11)2-1-4(8(7)10)6-3-12-6/h1-2,6H,3H2. The summed E-state index contributed by atoms with van der Waals surface area (Å²) in [6.45, 7) is 0.605. The predicted molar refractivity (Wildman–Crippen MR) is 52.8 cm³/mol. The van der Waals surface area contributed by atoms with Crippen molar-refractivity contribution in [3.05, 3.63) is 32.1 Å². The smallest absolute Gasteiger partial charge is 0.148 e. The van der Waals surface area contributed by atoms with Gasteiger partial charge in [0.2, 0.25) is 0 Å². The van der Waals surface area contributed by atoms with Crippen molar-refractivity contribution < 1.29 is 9.13 Å². The van der Waals surface area contributed by atoms with Crippen molar-refractivity contribution in [2.45, 2.75) is 6.10 Å². The first kappa shape index (κ1) is 8.72. The van der Waals surface area contributed by atoms with Crippen molar-refractivity contribution in [2.75, 3.05) is 6.61 Å². The number of benzene rings is 1. The lowest BCUT2D eigenvalue weighted by molar-refractivity contribution is 0.408. The van der Waals surface area contributed by atoms with E-state index < -0.39 is 0 Å². The summed E-state index contributed by atoms with van der Waals surface area (Å²) in [5.74, 6) is -0.342. The zero-order valence-corrected chi connectivity index (χ0v) is 8.89. The molecule has 1 aliphatic rings. The maximum atomic E-state index is 13.3. The first-order chi connectivity index (χ1) is 5.70. The monoisotopic (exact) mass is 298 g/mol. The lowest BCUT2D eigenvalue weighted by atomic mass is 10.1. The summed E-state index contributed by atoms with van der Waals surface area (Å²) in [7, 11) is 0. The van der Waals surface area contributed by atoms with Crippen LogP contribution in [0.1, 0.15) is 11.7 Å². The molecule has 1 unspecified atom stereocenters. The lowest BCUT2D eigenvalue weighted by Crippen LogP contribution is -1.90. The second-order valence-corrected chi connectivity index (χ2v) is 4.13. The van der Waals surface area contributed by atoms with Crippen molar-refractivity contribution in [1.82, 2.24) is 0 Å². The molecule has 0 aliphatic carbocycles. The number of hydrogen-bond donors (Lipinski definition) is 0. The number of rotatable bonds is 1. The van der Waals surface area contributed by atoms with Crippen LogP contribution in [-0.2, 0) is 4.74 Å². The molecule has 1 aromatic rings. The summed E-state index contributed by atoms with van der Waals surface area (Å²) in [5, 5.41) is 0.198. The van der Waals surface area contributed by atoms with Crippen LogP contribution in [0.2, 0.25) is 5.02 Å². The molecule has 1 aromatic carbocycles. The van der Waals surface area contributed by atoms with Gasteiger partial charge in [-0.25, -0.2) is 4.39 Å². The second-order valence-electron chi connectivity index (χ2n) is 2.59. The highest BCUT2D eigenvalue weighted by molar-refractivity contribution is 14.1. The highest BCUT2D eigenvalue weighted by Crippen LogP contribution is 2.35. The third-order valence-corrected chi connectivity index (χ3v) is 3.33. The van der Waals surface area contributed by atoms with Gasteiger partial charge in [-0.1, -0.05) is 17.7 Å². The minimum Gasteiger partial charge on any atom is -0.368 e. The van der Waals surface area contributed by atoms with Crippen LogP contribution in [0.15, 0.2) is 12.1 Å². The van der Waals surface area contributed by atoms with Gasteiger partial charge in [0.05, 0.1) is 11.6 Å². The molecule has 0 spiro atoms. The Bertz CT molecular complexity index is 325. The van der Waals surface area contributed by atoms with E-state index in [-0.39, 0.29) is 16.9 Å². The van der Waals surface area contributed by atoms with Crippen LogP contribution in [0.4, 0.5) is 4.39 Å². The second kappa shape index (κ2) is 3.12. The molecular formula is C8H5ClFIO. The van der Waals surface area contributed by atoms with Crippen molar-refractivity contribution in [3.8, 4) is 0 Å². The molecule has 1 aliphatic heterocycles. The van der Waals surface area contributed by atoms with E-state index in [2.05, 4.69) is 0 Å². The summed E-state index contributed by atoms with van der Waals surface area (Å²) >= 11 is 7.71. The molecule has 0 N–H and O–H groups in total. The molecule has 1 atom stereocenters. The zero-order chi connectivity index (χ0) is 8.72. The Labute approximate surface area is 88.0 Å². The molecule has 2 rings (SSSR count). The Morgan fingerprint density at radius 3 is 2.83 bits per heavy atom. The van der Waals surface area contributed by atoms with E-state index in [1.165, 1.54) is 0 Å². The zero-order valence-electron chi connectivity index (χ0n) is 5.98. The third kappa shape index (κ3) is 1.45. The van der Waals surface area contributed by atoms with Crippen LogP contribution in [0.25, 0.3) is 0 Å². The SMILES string of the molecule is Fc1c(C2CO2)ccc(I)c1Cl. The van der Waals surface area contributed by atoms with E-state index in [4.69, 9.17) is 16.3 Å². The average molecular weight is 298 g/mol. The van der Waals surface area contributed by atoms with Crippen LogP contribution in [0.5, 0.6) is 0 Å². The van der Waals surface area contributed by atoms with Crippen molar-refractivity contribution in [2.24, 2.45) is 0 Å². The van der Waals surface area contributed by atoms with E-state index in [0.717, 1.165) is 3.57 Å². The van der Waals surface area contributed by atoms with E-state index in [9.17, 15) is 4.39 Å². The summed E-state index contributed by atoms with van der Waals surface area (Å²) in [6.07, 6.45) is -0.0699. The summed E-state index contributed by atoms with van der Waals surface area (Å²) in [4.78, 5) is 0. The Hall–Kier alpha value is 0.130. The van der Waals surface area contributed by atoms with Crippen molar-refractivity contribution >= 4 is 34.2 Å². The molecule has 1 nitrogen and oxygen atoms in total. The highest BCUT2D eigenvalue weighted by atomic mass is 127. The maximum absolute atomic E-state index is 13.3. The molecule has 0 bridgehead atoms. The van der Waals surface area contributed by atoms with Crippen LogP contribution >= 0.6 is 34.2 Å². The Kier molecular flexibility index (Phi) is 2.27. The molecule has 0 amide bonds. The Morgan fingerprint density at radius 2 is 2.25 bits per heavy atom. The fraction of sp³-hybridized carbons (Fsp3) is 0.250. The first-order valence-electron chi connectivity index (χ1n) is 3.45. The molecule has 0 radical (unpaired) electrons. The van der Waals surface area contributed by atoms with Gasteiger partial charge in [-0.15, -0.1) is 0 Å². The fourth-order valence-corrected chi connectivity index (χ4v) is 1.61. The molecule has 4 heteroatoms. The van der Waals surface area contributed by atoms with E-state index in [1.54, 1.807) is 12.1 Å². The molecule has 0 aromatic heterocycles. The van der Waals surface area contributed by atoms with Gasteiger partial charge < -0.3 is 4.74 Å². The van der Waals surface area contributed by atoms with Gasteiger partial charge in [-0.05, 0) is 28.7 Å². The topological polar surface area (TPSA) is 12.5 Å². The minimum atomic E-state index is -0.342. The van der Waals surface area contributed by atoms with Gasteiger partial charge in [0.1, 0.15) is 11.9 Å². The van der Waals surface area contributed by atoms with E-state index in [0.29, 0.717) is 12.2 Å². The summed E-state index contributed by atoms with van der Waals surface area (Å²) < 4.78 is 19.0. The number of halogens is 3. The van der Waals surface area contributed by atoms with Crippen molar-refractivity contribution in [3.63, 3.8) is 0 Å². The van der Waals surface area contributed by atoms with E-state index in [1.807, 2.05) is 22.6 Å². The minimum absolute atomic E-state index is 0.0699. The van der Waals surface area contributed by atoms with Gasteiger partial charge in [0.25, 0.3) is 0 Å². The van der Waals surface area contributed by atoms with Crippen LogP contribution in [-0.4, -0.2) is 6.61 Å². The van der Waals surface area contributed by atoms with Gasteiger partial charge in [-0.3, -0.25) is 0 Å². The molecule has 0 saturated carbocycles. The molecular weight excluding hydrogens is 293 g/mol. The number of epoxide rings is 1. The third-order valence-electron chi connectivity index (χ3n) is 1.75. The number of hydrogen-bond acceptors (Lipinski definition) is 1. The van der Waals surface area contributed by atoms with Gasteiger partial charge in [0, 0.05) is 9.13 Å². The molecule has 64 valence electrons. The molecule has 1 saturated heterocycles. The van der Waals surface area contributed by atoms with Crippen LogP contribution < -0.4 is 0 Å². The average Bonchev–Trinajstić information content (AvgIpc) is 2.84. The summed E-state index contributed by atoms with van der Waals surface area (Å²) in [6, 6.07) is 3.52. The maximum Gasteiger partial charge on any atom is 0.148 e.